The Hall–Kier alpha value is -0.730. The van der Waals surface area contributed by atoms with Crippen LogP contribution in [-0.2, 0) is 4.74 Å². The van der Waals surface area contributed by atoms with Gasteiger partial charge in [0, 0.05) is 5.54 Å². The van der Waals surface area contributed by atoms with Crippen LogP contribution in [0.15, 0.2) is 0 Å². The van der Waals surface area contributed by atoms with Gasteiger partial charge >= 0.3 is 0 Å². The highest BCUT2D eigenvalue weighted by Crippen LogP contribution is 2.16. The molecule has 1 N–H and O–H groups in total. The molecule has 0 atom stereocenters. The van der Waals surface area contributed by atoms with E-state index in [1.165, 1.54) is 0 Å². The molecule has 1 saturated heterocycles. The summed E-state index contributed by atoms with van der Waals surface area (Å²) in [6.45, 7) is 7.75. The zero-order chi connectivity index (χ0) is 7.78. The molecule has 0 spiro atoms. The van der Waals surface area contributed by atoms with E-state index in [-0.39, 0.29) is 5.54 Å². The Labute approximate surface area is 61.5 Å². The fourth-order valence-corrected chi connectivity index (χ4v) is 1.05. The van der Waals surface area contributed by atoms with Crippen LogP contribution in [0.3, 0.4) is 0 Å². The van der Waals surface area contributed by atoms with Crippen LogP contribution < -0.4 is 0 Å². The Kier molecular flexibility index (Phi) is 1.58. The van der Waals surface area contributed by atoms with Crippen LogP contribution in [-0.4, -0.2) is 29.6 Å². The van der Waals surface area contributed by atoms with Crippen LogP contribution in [0.5, 0.6) is 0 Å². The lowest BCUT2D eigenvalue weighted by Gasteiger charge is -2.30. The third-order valence-corrected chi connectivity index (χ3v) is 1.61. The van der Waals surface area contributed by atoms with Crippen LogP contribution in [0.1, 0.15) is 20.8 Å². The fourth-order valence-electron chi connectivity index (χ4n) is 1.05. The van der Waals surface area contributed by atoms with E-state index in [0.717, 1.165) is 6.54 Å². The van der Waals surface area contributed by atoms with Crippen molar-refractivity contribution in [2.75, 3.05) is 13.2 Å². The van der Waals surface area contributed by atoms with Gasteiger partial charge in [-0.2, -0.15) is 0 Å². The molecule has 3 nitrogen and oxygen atoms in total. The third kappa shape index (κ3) is 1.23. The molecule has 0 unspecified atom stereocenters. The quantitative estimate of drug-likeness (QED) is 0.549. The van der Waals surface area contributed by atoms with Gasteiger partial charge in [0.2, 0.25) is 0 Å². The first-order chi connectivity index (χ1) is 4.52. The summed E-state index contributed by atoms with van der Waals surface area (Å²) in [6, 6.07) is 0.313. The molecule has 0 aromatic heterocycles. The number of rotatable bonds is 0. The molecule has 58 valence electrons. The first-order valence-corrected chi connectivity index (χ1v) is 3.51. The van der Waals surface area contributed by atoms with Crippen molar-refractivity contribution in [3.8, 4) is 0 Å². The number of nitrogens with one attached hydrogen (secondary N) is 1. The Morgan fingerprint density at radius 2 is 2.10 bits per heavy atom. The standard InChI is InChI=1S/C7H14N2O/c1-7(2,3)9-4-5-10-6(9)8/h8H,4-5H2,1-3H3. The summed E-state index contributed by atoms with van der Waals surface area (Å²) >= 11 is 0. The Morgan fingerprint density at radius 1 is 1.50 bits per heavy atom. The molecule has 10 heavy (non-hydrogen) atoms. The van der Waals surface area contributed by atoms with Gasteiger partial charge in [0.25, 0.3) is 6.02 Å². The van der Waals surface area contributed by atoms with E-state index in [1.807, 2.05) is 4.90 Å². The molecule has 1 aliphatic heterocycles. The van der Waals surface area contributed by atoms with Crippen LogP contribution in [0, 0.1) is 5.41 Å². The second-order valence-electron chi connectivity index (χ2n) is 3.48. The van der Waals surface area contributed by atoms with E-state index >= 15 is 0 Å². The second kappa shape index (κ2) is 2.15. The summed E-state index contributed by atoms with van der Waals surface area (Å²) in [6.07, 6.45) is 0. The number of amidine groups is 1. The van der Waals surface area contributed by atoms with Gasteiger partial charge in [0.1, 0.15) is 6.61 Å². The summed E-state index contributed by atoms with van der Waals surface area (Å²) in [5.41, 5.74) is 0.0353. The number of ether oxygens (including phenoxy) is 1. The molecule has 0 bridgehead atoms. The van der Waals surface area contributed by atoms with Crippen LogP contribution in [0.25, 0.3) is 0 Å². The summed E-state index contributed by atoms with van der Waals surface area (Å²) in [7, 11) is 0. The predicted molar refractivity (Wildman–Crippen MR) is 40.1 cm³/mol. The van der Waals surface area contributed by atoms with Gasteiger partial charge in [-0.1, -0.05) is 0 Å². The Bertz CT molecular complexity index is 148. The maximum atomic E-state index is 7.37. The molecular weight excluding hydrogens is 128 g/mol. The minimum atomic E-state index is 0.0353. The molecule has 0 radical (unpaired) electrons. The molecule has 3 heteroatoms. The summed E-state index contributed by atoms with van der Waals surface area (Å²) in [5, 5.41) is 7.37. The third-order valence-electron chi connectivity index (χ3n) is 1.61. The van der Waals surface area contributed by atoms with E-state index in [9.17, 15) is 0 Å². The van der Waals surface area contributed by atoms with Gasteiger partial charge in [0.15, 0.2) is 0 Å². The monoisotopic (exact) mass is 142 g/mol. The SMILES string of the molecule is CC(C)(C)N1CCOC1=N. The minimum absolute atomic E-state index is 0.0353. The van der Waals surface area contributed by atoms with Crippen molar-refractivity contribution in [3.05, 3.63) is 0 Å². The molecule has 0 aromatic carbocycles. The maximum Gasteiger partial charge on any atom is 0.285 e. The lowest BCUT2D eigenvalue weighted by molar-refractivity contribution is 0.255. The topological polar surface area (TPSA) is 36.3 Å². The lowest BCUT2D eigenvalue weighted by atomic mass is 10.1. The smallest absolute Gasteiger partial charge is 0.285 e. The van der Waals surface area contributed by atoms with Crippen molar-refractivity contribution >= 4 is 6.02 Å². The molecule has 0 amide bonds. The minimum Gasteiger partial charge on any atom is -0.463 e. The molecule has 1 heterocycles. The van der Waals surface area contributed by atoms with Gasteiger partial charge < -0.3 is 9.64 Å². The van der Waals surface area contributed by atoms with Crippen molar-refractivity contribution in [2.24, 2.45) is 0 Å². The predicted octanol–water partition coefficient (Wildman–Crippen LogP) is 1.05. The van der Waals surface area contributed by atoms with Gasteiger partial charge in [-0.15, -0.1) is 0 Å². The normalized spacial score (nSPS) is 19.5. The zero-order valence-corrected chi connectivity index (χ0v) is 6.77. The second-order valence-corrected chi connectivity index (χ2v) is 3.48. The Morgan fingerprint density at radius 3 is 2.30 bits per heavy atom. The number of hydrogen-bond donors (Lipinski definition) is 1. The van der Waals surface area contributed by atoms with Crippen molar-refractivity contribution < 1.29 is 4.74 Å². The fraction of sp³-hybridized carbons (Fsp3) is 0.857. The molecule has 1 fully saturated rings. The van der Waals surface area contributed by atoms with Crippen molar-refractivity contribution in [1.29, 1.82) is 5.41 Å². The van der Waals surface area contributed by atoms with Crippen LogP contribution >= 0.6 is 0 Å². The van der Waals surface area contributed by atoms with E-state index in [4.69, 9.17) is 10.1 Å². The lowest BCUT2D eigenvalue weighted by Crippen LogP contribution is -2.42. The van der Waals surface area contributed by atoms with Gasteiger partial charge in [-0.3, -0.25) is 5.41 Å². The zero-order valence-electron chi connectivity index (χ0n) is 6.77. The van der Waals surface area contributed by atoms with E-state index in [2.05, 4.69) is 20.8 Å². The highest BCUT2D eigenvalue weighted by molar-refractivity contribution is 5.72. The van der Waals surface area contributed by atoms with Gasteiger partial charge in [-0.05, 0) is 20.8 Å². The molecular formula is C7H14N2O. The number of nitrogens with zero attached hydrogens (tertiary/aromatic N) is 1. The summed E-state index contributed by atoms with van der Waals surface area (Å²) in [4.78, 5) is 1.95. The first kappa shape index (κ1) is 7.38. The molecule has 0 aliphatic carbocycles. The highest BCUT2D eigenvalue weighted by Gasteiger charge is 2.28. The molecule has 1 rings (SSSR count). The van der Waals surface area contributed by atoms with Crippen LogP contribution in [0.2, 0.25) is 0 Å². The average molecular weight is 142 g/mol. The largest absolute Gasteiger partial charge is 0.463 e. The molecule has 1 aliphatic rings. The van der Waals surface area contributed by atoms with Gasteiger partial charge in [0.05, 0.1) is 6.54 Å². The highest BCUT2D eigenvalue weighted by atomic mass is 16.5. The first-order valence-electron chi connectivity index (χ1n) is 3.51. The van der Waals surface area contributed by atoms with Crippen molar-refractivity contribution in [3.63, 3.8) is 0 Å². The molecule has 0 saturated carbocycles. The summed E-state index contributed by atoms with van der Waals surface area (Å²) in [5.74, 6) is 0. The van der Waals surface area contributed by atoms with Crippen molar-refractivity contribution in [2.45, 2.75) is 26.3 Å². The average Bonchev–Trinajstić information content (AvgIpc) is 2.11. The Balaban J connectivity index is 2.64. The van der Waals surface area contributed by atoms with E-state index in [1.54, 1.807) is 0 Å². The van der Waals surface area contributed by atoms with E-state index < -0.39 is 0 Å². The molecule has 0 aromatic rings. The summed E-state index contributed by atoms with van der Waals surface area (Å²) < 4.78 is 5.00. The van der Waals surface area contributed by atoms with Gasteiger partial charge in [-0.25, -0.2) is 0 Å². The van der Waals surface area contributed by atoms with Crippen molar-refractivity contribution in [1.82, 2.24) is 4.90 Å². The number of hydrogen-bond acceptors (Lipinski definition) is 2. The van der Waals surface area contributed by atoms with Crippen LogP contribution in [0.4, 0.5) is 0 Å². The maximum absolute atomic E-state index is 7.37. The van der Waals surface area contributed by atoms with E-state index in [0.29, 0.717) is 12.6 Å².